The molecule has 0 aliphatic carbocycles. The zero-order chi connectivity index (χ0) is 55.4. The number of amides is 4. The molecule has 1 saturated heterocycles. The Morgan fingerprint density at radius 1 is 0.909 bits per heavy atom. The van der Waals surface area contributed by atoms with Crippen LogP contribution in [0.15, 0.2) is 88.6 Å². The third-order valence-electron chi connectivity index (χ3n) is 13.4. The Labute approximate surface area is 455 Å². The number of sulfonamides is 1. The van der Waals surface area contributed by atoms with Gasteiger partial charge in [-0.05, 0) is 128 Å². The fourth-order valence-electron chi connectivity index (χ4n) is 8.87. The Hall–Kier alpha value is -7.41. The van der Waals surface area contributed by atoms with Crippen molar-refractivity contribution >= 4 is 95.3 Å². The van der Waals surface area contributed by atoms with Crippen molar-refractivity contribution in [2.45, 2.75) is 82.6 Å². The van der Waals surface area contributed by atoms with Crippen molar-refractivity contribution in [3.63, 3.8) is 0 Å². The van der Waals surface area contributed by atoms with Crippen molar-refractivity contribution in [1.82, 2.24) is 49.1 Å². The molecule has 0 radical (unpaired) electrons. The number of likely N-dealkylation sites (tertiary alicyclic amines) is 1. The summed E-state index contributed by atoms with van der Waals surface area (Å²) in [6.45, 7) is 6.56. The topological polar surface area (TPSA) is 282 Å². The molecule has 3 aromatic carbocycles. The average Bonchev–Trinajstić information content (AvgIpc) is 3.84. The number of benzene rings is 3. The number of nitrogens with one attached hydrogen (secondary N) is 4. The number of carbonyl (C=O) groups is 4. The van der Waals surface area contributed by atoms with Gasteiger partial charge in [0, 0.05) is 63.9 Å². The molecule has 4 heterocycles. The fraction of sp³-hybridized carbons (Fsp3) is 0.377. The van der Waals surface area contributed by atoms with Gasteiger partial charge in [0.05, 0.1) is 38.5 Å². The summed E-state index contributed by atoms with van der Waals surface area (Å²) in [5.41, 5.74) is 15.8. The molecule has 3 aromatic heterocycles. The summed E-state index contributed by atoms with van der Waals surface area (Å²) >= 11 is 3.35. The SMILES string of the molecule is Cc1c(CC(=O)N(C)C)ccc(NC(=O)c2nn([C@@H]3CCCN(C(=O)/C=C/CN(C)CCCCCCCCNS(=O)(=O)c4ccc(Nc5ncc(Br)c(Nc6cccc(F)c6C(N)=O)n5)cc4)C3)c3ncnc(N)c23)c1C. The number of carbonyl (C=O) groups excluding carboxylic acids is 4. The number of halogens is 2. The monoisotopic (exact) mass is 1140 g/mol. The number of nitrogens with two attached hydrogens (primary N) is 2. The number of anilines is 6. The van der Waals surface area contributed by atoms with Crippen molar-refractivity contribution in [1.29, 1.82) is 0 Å². The fourth-order valence-corrected chi connectivity index (χ4v) is 10.2. The molecule has 6 aromatic rings. The molecule has 8 N–H and O–H groups in total. The van der Waals surface area contributed by atoms with E-state index in [1.165, 1.54) is 36.8 Å². The highest BCUT2D eigenvalue weighted by Gasteiger charge is 2.30. The molecule has 0 spiro atoms. The first-order chi connectivity index (χ1) is 36.8. The molecule has 408 valence electrons. The molecule has 1 aliphatic rings. The number of fused-ring (bicyclic) bond motifs is 1. The van der Waals surface area contributed by atoms with Crippen LogP contribution in [0.25, 0.3) is 11.0 Å². The molecule has 24 heteroatoms. The van der Waals surface area contributed by atoms with Crippen LogP contribution in [-0.2, 0) is 26.0 Å². The molecule has 1 fully saturated rings. The summed E-state index contributed by atoms with van der Waals surface area (Å²) in [7, 11) is 1.71. The lowest BCUT2D eigenvalue weighted by atomic mass is 9.98. The maximum atomic E-state index is 14.3. The standard InChI is InChI=1S/C53H65BrFN15O6S/c1-33-34(2)41(24-19-35(33)29-44(72)67(3)4)64-52(74)47-46-48(56)59-32-60-51(46)70(66-47)37-15-13-28-69(31-37)43(71)18-14-27-68(5)26-11-9-7-6-8-10-25-61-77(75,76)38-22-20-36(21-23-38)62-53-58-30-39(54)50(65-53)63-42-17-12-16-40(55)45(42)49(57)73/h12,14,16-24,30,32,37,61H,6-11,13,15,25-29,31H2,1-5H3,(H2,57,73)(H,64,74)(H2,56,59,60)(H2,58,62,63,65)/b18-14+/t37-/m1/s1. The van der Waals surface area contributed by atoms with Crippen molar-refractivity contribution in [2.75, 3.05) is 75.6 Å². The zero-order valence-electron chi connectivity index (χ0n) is 43.8. The van der Waals surface area contributed by atoms with Crippen LogP contribution in [0, 0.1) is 19.7 Å². The number of aromatic nitrogens is 6. The molecule has 7 rings (SSSR count). The Morgan fingerprint density at radius 2 is 1.65 bits per heavy atom. The maximum Gasteiger partial charge on any atom is 0.277 e. The summed E-state index contributed by atoms with van der Waals surface area (Å²) in [5, 5.41) is 14.0. The van der Waals surface area contributed by atoms with Gasteiger partial charge in [0.1, 0.15) is 23.8 Å². The number of nitrogen functional groups attached to an aromatic ring is 1. The molecule has 21 nitrogen and oxygen atoms in total. The number of hydrogen-bond donors (Lipinski definition) is 6. The van der Waals surface area contributed by atoms with Crippen molar-refractivity contribution in [2.24, 2.45) is 5.73 Å². The number of nitrogens with zero attached hydrogens (tertiary/aromatic N) is 9. The minimum Gasteiger partial charge on any atom is -0.383 e. The summed E-state index contributed by atoms with van der Waals surface area (Å²) in [6.07, 6.45) is 13.6. The number of likely N-dealkylation sites (N-methyl/N-ethyl adjacent to an activating group) is 2. The molecule has 77 heavy (non-hydrogen) atoms. The Kier molecular flexibility index (Phi) is 19.4. The van der Waals surface area contributed by atoms with E-state index in [-0.39, 0.29) is 63.7 Å². The van der Waals surface area contributed by atoms with Gasteiger partial charge in [-0.1, -0.05) is 43.9 Å². The molecule has 0 bridgehead atoms. The van der Waals surface area contributed by atoms with E-state index < -0.39 is 27.7 Å². The number of primary amides is 1. The third-order valence-corrected chi connectivity index (χ3v) is 15.4. The van der Waals surface area contributed by atoms with Gasteiger partial charge in [-0.2, -0.15) is 10.1 Å². The van der Waals surface area contributed by atoms with Crippen LogP contribution in [0.5, 0.6) is 0 Å². The Balaban J connectivity index is 0.797. The highest BCUT2D eigenvalue weighted by atomic mass is 79.9. The number of piperidine rings is 1. The van der Waals surface area contributed by atoms with Gasteiger partial charge in [-0.15, -0.1) is 0 Å². The normalized spacial score (nSPS) is 13.8. The summed E-state index contributed by atoms with van der Waals surface area (Å²) in [5.74, 6) is -1.79. The first-order valence-electron chi connectivity index (χ1n) is 25.3. The van der Waals surface area contributed by atoms with Crippen molar-refractivity contribution in [3.8, 4) is 0 Å². The predicted octanol–water partition coefficient (Wildman–Crippen LogP) is 7.16. The minimum absolute atomic E-state index is 0.0189. The van der Waals surface area contributed by atoms with E-state index in [2.05, 4.69) is 61.4 Å². The predicted molar refractivity (Wildman–Crippen MR) is 298 cm³/mol. The molecule has 1 atom stereocenters. The average molecular weight is 1140 g/mol. The van der Waals surface area contributed by atoms with Gasteiger partial charge in [-0.3, -0.25) is 19.2 Å². The van der Waals surface area contributed by atoms with Gasteiger partial charge in [-0.25, -0.2) is 37.2 Å². The Bertz CT molecular complexity index is 3270. The van der Waals surface area contributed by atoms with Crippen LogP contribution in [0.4, 0.5) is 39.0 Å². The van der Waals surface area contributed by atoms with Crippen LogP contribution < -0.4 is 32.1 Å². The van der Waals surface area contributed by atoms with Gasteiger partial charge in [0.25, 0.3) is 11.8 Å². The van der Waals surface area contributed by atoms with Crippen LogP contribution in [0.1, 0.15) is 94.9 Å². The minimum atomic E-state index is -3.74. The van der Waals surface area contributed by atoms with Gasteiger partial charge in [0.15, 0.2) is 11.3 Å². The second-order valence-corrected chi connectivity index (χ2v) is 21.8. The number of unbranched alkanes of at least 4 members (excludes halogenated alkanes) is 5. The lowest BCUT2D eigenvalue weighted by molar-refractivity contribution is -0.128. The van der Waals surface area contributed by atoms with Crippen molar-refractivity contribution in [3.05, 3.63) is 118 Å². The van der Waals surface area contributed by atoms with Crippen molar-refractivity contribution < 1.29 is 32.0 Å². The highest BCUT2D eigenvalue weighted by Crippen LogP contribution is 2.32. The van der Waals surface area contributed by atoms with Gasteiger partial charge >= 0.3 is 0 Å². The van der Waals surface area contributed by atoms with Crippen LogP contribution in [-0.4, -0.2) is 130 Å². The van der Waals surface area contributed by atoms with Gasteiger partial charge < -0.3 is 42.1 Å². The largest absolute Gasteiger partial charge is 0.383 e. The molecule has 0 saturated carbocycles. The third kappa shape index (κ3) is 14.8. The van der Waals surface area contributed by atoms with E-state index in [1.807, 2.05) is 33.0 Å². The summed E-state index contributed by atoms with van der Waals surface area (Å²) < 4.78 is 45.2. The smallest absolute Gasteiger partial charge is 0.277 e. The maximum absolute atomic E-state index is 14.3. The van der Waals surface area contributed by atoms with E-state index >= 15 is 0 Å². The van der Waals surface area contributed by atoms with Gasteiger partial charge in [0.2, 0.25) is 27.8 Å². The number of hydrogen-bond acceptors (Lipinski definition) is 15. The van der Waals surface area contributed by atoms with E-state index in [1.54, 1.807) is 52.9 Å². The first kappa shape index (κ1) is 57.3. The highest BCUT2D eigenvalue weighted by molar-refractivity contribution is 9.10. The van der Waals surface area contributed by atoms with E-state index in [0.29, 0.717) is 59.5 Å². The number of rotatable bonds is 24. The molecule has 4 amide bonds. The molecular formula is C53H65BrFN15O6S. The molecular weight excluding hydrogens is 1070 g/mol. The lowest BCUT2D eigenvalue weighted by Crippen LogP contribution is -2.40. The van der Waals surface area contributed by atoms with Crippen LogP contribution in [0.3, 0.4) is 0 Å². The Morgan fingerprint density at radius 3 is 2.39 bits per heavy atom. The second-order valence-electron chi connectivity index (χ2n) is 19.1. The lowest BCUT2D eigenvalue weighted by Gasteiger charge is -2.32. The van der Waals surface area contributed by atoms with E-state index in [9.17, 15) is 32.0 Å². The van der Waals surface area contributed by atoms with E-state index in [4.69, 9.17) is 16.6 Å². The zero-order valence-corrected chi connectivity index (χ0v) is 46.2. The summed E-state index contributed by atoms with van der Waals surface area (Å²) in [4.78, 5) is 74.5. The first-order valence-corrected chi connectivity index (χ1v) is 27.6. The van der Waals surface area contributed by atoms with E-state index in [0.717, 1.165) is 74.2 Å². The second kappa shape index (κ2) is 26.1. The van der Waals surface area contributed by atoms with Crippen LogP contribution in [0.2, 0.25) is 0 Å². The van der Waals surface area contributed by atoms with Crippen LogP contribution >= 0.6 is 15.9 Å². The quantitative estimate of drug-likeness (QED) is 0.0259. The molecule has 0 unspecified atom stereocenters. The molecule has 1 aliphatic heterocycles. The summed E-state index contributed by atoms with van der Waals surface area (Å²) in [6, 6.07) is 13.6.